The van der Waals surface area contributed by atoms with Gasteiger partial charge in [-0.2, -0.15) is 0 Å². The van der Waals surface area contributed by atoms with Crippen LogP contribution in [-0.2, 0) is 4.74 Å². The third-order valence-electron chi connectivity index (χ3n) is 3.91. The van der Waals surface area contributed by atoms with Crippen molar-refractivity contribution in [3.63, 3.8) is 0 Å². The van der Waals surface area contributed by atoms with Crippen LogP contribution in [0, 0.1) is 11.8 Å². The van der Waals surface area contributed by atoms with E-state index in [-0.39, 0.29) is 23.5 Å². The fourth-order valence-electron chi connectivity index (χ4n) is 2.73. The van der Waals surface area contributed by atoms with E-state index in [9.17, 15) is 0 Å². The van der Waals surface area contributed by atoms with Crippen molar-refractivity contribution < 1.29 is 4.74 Å². The van der Waals surface area contributed by atoms with Crippen molar-refractivity contribution in [2.45, 2.75) is 38.4 Å². The summed E-state index contributed by atoms with van der Waals surface area (Å²) in [5.74, 6) is 0.648. The Morgan fingerprint density at radius 3 is 2.33 bits per heavy atom. The molecule has 4 heteroatoms. The van der Waals surface area contributed by atoms with Crippen LogP contribution in [0.5, 0.6) is 0 Å². The van der Waals surface area contributed by atoms with E-state index in [1.165, 1.54) is 0 Å². The number of hydrogen-bond acceptors (Lipinski definition) is 1. The minimum Gasteiger partial charge on any atom is -0.375 e. The summed E-state index contributed by atoms with van der Waals surface area (Å²) < 4.78 is 5.84. The molecule has 0 saturated carbocycles. The lowest BCUT2D eigenvalue weighted by Crippen LogP contribution is -2.22. The van der Waals surface area contributed by atoms with Crippen LogP contribution < -0.4 is 0 Å². The molecular formula is C14H17Cl3O. The van der Waals surface area contributed by atoms with Gasteiger partial charge in [0.05, 0.1) is 17.6 Å². The van der Waals surface area contributed by atoms with Crippen LogP contribution in [0.1, 0.15) is 31.7 Å². The molecule has 1 aliphatic rings. The lowest BCUT2D eigenvalue weighted by Gasteiger charge is -2.25. The van der Waals surface area contributed by atoms with Gasteiger partial charge in [-0.15, -0.1) is 11.6 Å². The first-order chi connectivity index (χ1) is 8.41. The van der Waals surface area contributed by atoms with Crippen LogP contribution in [0.15, 0.2) is 18.2 Å². The minimum absolute atomic E-state index is 0.132. The average molecular weight is 308 g/mol. The van der Waals surface area contributed by atoms with E-state index >= 15 is 0 Å². The highest BCUT2D eigenvalue weighted by molar-refractivity contribution is 6.34. The van der Waals surface area contributed by atoms with Crippen molar-refractivity contribution in [3.05, 3.63) is 33.8 Å². The smallest absolute Gasteiger partial charge is 0.0656 e. The van der Waals surface area contributed by atoms with E-state index in [1.807, 2.05) is 6.07 Å². The van der Waals surface area contributed by atoms with Crippen LogP contribution in [-0.4, -0.2) is 12.2 Å². The lowest BCUT2D eigenvalue weighted by atomic mass is 9.84. The molecule has 1 saturated heterocycles. The predicted molar refractivity (Wildman–Crippen MR) is 77.7 cm³/mol. The maximum Gasteiger partial charge on any atom is 0.0656 e. The number of ether oxygens (including phenoxy) is 1. The van der Waals surface area contributed by atoms with Crippen molar-refractivity contribution in [1.82, 2.24) is 0 Å². The van der Waals surface area contributed by atoms with Gasteiger partial charge in [-0.05, 0) is 43.5 Å². The highest BCUT2D eigenvalue weighted by Gasteiger charge is 2.42. The molecule has 1 nitrogen and oxygen atoms in total. The van der Waals surface area contributed by atoms with Gasteiger partial charge in [0.1, 0.15) is 0 Å². The lowest BCUT2D eigenvalue weighted by molar-refractivity contribution is 0.0508. The Kier molecular flexibility index (Phi) is 4.48. The summed E-state index contributed by atoms with van der Waals surface area (Å²) in [4.78, 5) is 0. The molecule has 0 radical (unpaired) electrons. The van der Waals surface area contributed by atoms with Gasteiger partial charge in [0.2, 0.25) is 0 Å². The fraction of sp³-hybridized carbons (Fsp3) is 0.571. The van der Waals surface area contributed by atoms with Gasteiger partial charge in [-0.1, -0.05) is 30.1 Å². The van der Waals surface area contributed by atoms with Gasteiger partial charge < -0.3 is 4.74 Å². The molecule has 1 heterocycles. The molecule has 100 valence electrons. The van der Waals surface area contributed by atoms with E-state index in [4.69, 9.17) is 39.5 Å². The Morgan fingerprint density at radius 2 is 1.78 bits per heavy atom. The van der Waals surface area contributed by atoms with Crippen molar-refractivity contribution in [2.24, 2.45) is 11.8 Å². The Bertz CT molecular complexity index is 435. The Labute approximate surface area is 123 Å². The maximum atomic E-state index is 6.62. The summed E-state index contributed by atoms with van der Waals surface area (Å²) in [5.41, 5.74) is 0.896. The predicted octanol–water partition coefficient (Wildman–Crippen LogP) is 5.33. The van der Waals surface area contributed by atoms with Crippen molar-refractivity contribution in [1.29, 1.82) is 0 Å². The third-order valence-corrected chi connectivity index (χ3v) is 5.02. The van der Waals surface area contributed by atoms with Gasteiger partial charge in [0.15, 0.2) is 0 Å². The molecule has 0 aromatic heterocycles. The van der Waals surface area contributed by atoms with E-state index in [0.717, 1.165) is 5.56 Å². The first-order valence-electron chi connectivity index (χ1n) is 6.16. The second kappa shape index (κ2) is 5.58. The minimum atomic E-state index is -0.175. The van der Waals surface area contributed by atoms with Crippen molar-refractivity contribution in [2.75, 3.05) is 0 Å². The summed E-state index contributed by atoms with van der Waals surface area (Å²) in [6, 6.07) is 5.42. The number of rotatable bonds is 2. The molecule has 1 fully saturated rings. The molecule has 2 rings (SSSR count). The van der Waals surface area contributed by atoms with Crippen LogP contribution in [0.3, 0.4) is 0 Å². The molecule has 0 amide bonds. The summed E-state index contributed by atoms with van der Waals surface area (Å²) in [7, 11) is 0. The third kappa shape index (κ3) is 2.65. The quantitative estimate of drug-likeness (QED) is 0.671. The summed E-state index contributed by atoms with van der Waals surface area (Å²) in [6.07, 6.45) is 0.358. The number of halogens is 3. The van der Waals surface area contributed by atoms with E-state index in [0.29, 0.717) is 16.0 Å². The number of benzene rings is 1. The Hall–Kier alpha value is 0.0500. The van der Waals surface area contributed by atoms with Gasteiger partial charge in [0.25, 0.3) is 0 Å². The first-order valence-corrected chi connectivity index (χ1v) is 7.35. The van der Waals surface area contributed by atoms with Gasteiger partial charge in [-0.25, -0.2) is 0 Å². The van der Waals surface area contributed by atoms with Gasteiger partial charge in [0, 0.05) is 16.0 Å². The molecule has 18 heavy (non-hydrogen) atoms. The summed E-state index contributed by atoms with van der Waals surface area (Å²) >= 11 is 18.9. The normalized spacial score (nSPS) is 33.7. The Balaban J connectivity index is 2.30. The molecule has 0 N–H and O–H groups in total. The van der Waals surface area contributed by atoms with Crippen LogP contribution in [0.2, 0.25) is 10.0 Å². The molecule has 0 aliphatic carbocycles. The maximum absolute atomic E-state index is 6.62. The van der Waals surface area contributed by atoms with Crippen LogP contribution in [0.4, 0.5) is 0 Å². The fourth-order valence-corrected chi connectivity index (χ4v) is 3.82. The van der Waals surface area contributed by atoms with E-state index in [2.05, 4.69) is 20.8 Å². The van der Waals surface area contributed by atoms with Crippen LogP contribution >= 0.6 is 34.8 Å². The standard InChI is InChI=1S/C14H17Cl3O/c1-7-8(2)18-9(3)13(7)14(17)11-6-10(15)4-5-12(11)16/h4-9,13-14H,1-3H3. The molecule has 5 unspecified atom stereocenters. The number of hydrogen-bond donors (Lipinski definition) is 0. The van der Waals surface area contributed by atoms with Crippen LogP contribution in [0.25, 0.3) is 0 Å². The molecule has 0 spiro atoms. The second-order valence-electron chi connectivity index (χ2n) is 5.05. The van der Waals surface area contributed by atoms with Gasteiger partial charge >= 0.3 is 0 Å². The zero-order valence-electron chi connectivity index (χ0n) is 10.7. The van der Waals surface area contributed by atoms with Gasteiger partial charge in [-0.3, -0.25) is 0 Å². The summed E-state index contributed by atoms with van der Waals surface area (Å²) in [5, 5.41) is 1.15. The monoisotopic (exact) mass is 306 g/mol. The van der Waals surface area contributed by atoms with E-state index in [1.54, 1.807) is 12.1 Å². The molecular weight excluding hydrogens is 291 g/mol. The highest BCUT2D eigenvalue weighted by atomic mass is 35.5. The molecule has 0 bridgehead atoms. The second-order valence-corrected chi connectivity index (χ2v) is 6.36. The zero-order valence-corrected chi connectivity index (χ0v) is 12.9. The average Bonchev–Trinajstić information content (AvgIpc) is 2.56. The largest absolute Gasteiger partial charge is 0.375 e. The molecule has 1 aromatic rings. The molecule has 1 aromatic carbocycles. The topological polar surface area (TPSA) is 9.23 Å². The summed E-state index contributed by atoms with van der Waals surface area (Å²) in [6.45, 7) is 6.33. The Morgan fingerprint density at radius 1 is 1.11 bits per heavy atom. The molecule has 5 atom stereocenters. The highest BCUT2D eigenvalue weighted by Crippen LogP contribution is 2.45. The zero-order chi connectivity index (χ0) is 13.4. The van der Waals surface area contributed by atoms with Crippen molar-refractivity contribution >= 4 is 34.8 Å². The van der Waals surface area contributed by atoms with E-state index < -0.39 is 0 Å². The molecule has 1 aliphatic heterocycles. The number of alkyl halides is 1. The van der Waals surface area contributed by atoms with Crippen molar-refractivity contribution in [3.8, 4) is 0 Å². The SMILES string of the molecule is CC1OC(C)C(C(Cl)c2cc(Cl)ccc2Cl)C1C. The first kappa shape index (κ1) is 14.5.